The molecule has 126 valence electrons. The van der Waals surface area contributed by atoms with Crippen molar-refractivity contribution in [1.29, 1.82) is 10.5 Å². The Morgan fingerprint density at radius 3 is 1.88 bits per heavy atom. The number of rotatable bonds is 6. The minimum atomic E-state index is -1.67. The van der Waals surface area contributed by atoms with Gasteiger partial charge in [0.15, 0.2) is 0 Å². The Morgan fingerprint density at radius 1 is 0.917 bits per heavy atom. The molecular weight excluding hydrogens is 308 g/mol. The largest absolute Gasteiger partial charge is 0.348 e. The summed E-state index contributed by atoms with van der Waals surface area (Å²) >= 11 is 0. The second-order valence-electron chi connectivity index (χ2n) is 5.38. The lowest BCUT2D eigenvalue weighted by Crippen LogP contribution is -2.83. The van der Waals surface area contributed by atoms with Gasteiger partial charge in [0.1, 0.15) is 0 Å². The molecule has 24 heavy (non-hydrogen) atoms. The van der Waals surface area contributed by atoms with E-state index >= 15 is 0 Å². The third-order valence-corrected chi connectivity index (χ3v) is 4.67. The SMILES string of the molecule is COC1(OC)[C@H](/C=C\c2ccccc2)C(C#N)(C#N)C1(OC)OC. The third kappa shape index (κ3) is 2.02. The van der Waals surface area contributed by atoms with E-state index in [4.69, 9.17) is 18.9 Å². The molecule has 0 N–H and O–H groups in total. The fourth-order valence-electron chi connectivity index (χ4n) is 3.54. The highest BCUT2D eigenvalue weighted by atomic mass is 16.8. The van der Waals surface area contributed by atoms with Crippen LogP contribution in [0.2, 0.25) is 0 Å². The average Bonchev–Trinajstić information content (AvgIpc) is 2.64. The van der Waals surface area contributed by atoms with Crippen LogP contribution in [0, 0.1) is 34.0 Å². The van der Waals surface area contributed by atoms with Gasteiger partial charge in [-0.05, 0) is 5.56 Å². The summed E-state index contributed by atoms with van der Waals surface area (Å²) in [6, 6.07) is 13.6. The van der Waals surface area contributed by atoms with Crippen molar-refractivity contribution < 1.29 is 18.9 Å². The van der Waals surface area contributed by atoms with Crippen molar-refractivity contribution in [2.45, 2.75) is 11.6 Å². The molecule has 1 aliphatic rings. The molecule has 6 nitrogen and oxygen atoms in total. The number of ether oxygens (including phenoxy) is 4. The normalized spacial score (nSPS) is 23.2. The maximum atomic E-state index is 9.75. The van der Waals surface area contributed by atoms with E-state index in [1.54, 1.807) is 6.08 Å². The van der Waals surface area contributed by atoms with E-state index < -0.39 is 22.9 Å². The van der Waals surface area contributed by atoms with E-state index in [1.807, 2.05) is 48.5 Å². The van der Waals surface area contributed by atoms with Crippen LogP contribution in [0.25, 0.3) is 6.08 Å². The van der Waals surface area contributed by atoms with Gasteiger partial charge in [-0.15, -0.1) is 0 Å². The first-order valence-electron chi connectivity index (χ1n) is 7.34. The Bertz CT molecular complexity index is 665. The van der Waals surface area contributed by atoms with Crippen molar-refractivity contribution in [2.24, 2.45) is 11.3 Å². The highest BCUT2D eigenvalue weighted by molar-refractivity contribution is 5.52. The summed E-state index contributed by atoms with van der Waals surface area (Å²) in [6.45, 7) is 0. The summed E-state index contributed by atoms with van der Waals surface area (Å²) < 4.78 is 22.0. The van der Waals surface area contributed by atoms with Crippen molar-refractivity contribution in [3.63, 3.8) is 0 Å². The van der Waals surface area contributed by atoms with E-state index in [2.05, 4.69) is 0 Å². The maximum absolute atomic E-state index is 9.75. The van der Waals surface area contributed by atoms with Gasteiger partial charge < -0.3 is 18.9 Å². The fourth-order valence-corrected chi connectivity index (χ4v) is 3.54. The van der Waals surface area contributed by atoms with E-state index in [-0.39, 0.29) is 0 Å². The predicted octanol–water partition coefficient (Wildman–Crippen LogP) is 2.34. The molecule has 1 aliphatic carbocycles. The van der Waals surface area contributed by atoms with Gasteiger partial charge in [0, 0.05) is 28.4 Å². The summed E-state index contributed by atoms with van der Waals surface area (Å²) in [4.78, 5) is 0. The topological polar surface area (TPSA) is 84.5 Å². The quantitative estimate of drug-likeness (QED) is 0.745. The number of benzene rings is 1. The molecule has 1 aromatic carbocycles. The van der Waals surface area contributed by atoms with Gasteiger partial charge in [0.25, 0.3) is 5.79 Å². The Kier molecular flexibility index (Phi) is 5.08. The van der Waals surface area contributed by atoms with Crippen LogP contribution >= 0.6 is 0 Å². The molecule has 0 unspecified atom stereocenters. The minimum absolute atomic E-state index is 0.713. The molecule has 0 radical (unpaired) electrons. The molecule has 2 rings (SSSR count). The number of hydrogen-bond donors (Lipinski definition) is 0. The van der Waals surface area contributed by atoms with Gasteiger partial charge in [-0.3, -0.25) is 0 Å². The van der Waals surface area contributed by atoms with Crippen LogP contribution in [0.1, 0.15) is 5.56 Å². The Morgan fingerprint density at radius 2 is 1.46 bits per heavy atom. The van der Waals surface area contributed by atoms with E-state index in [9.17, 15) is 10.5 Å². The highest BCUT2D eigenvalue weighted by Crippen LogP contribution is 2.65. The zero-order valence-electron chi connectivity index (χ0n) is 14.1. The van der Waals surface area contributed by atoms with Gasteiger partial charge >= 0.3 is 0 Å². The van der Waals surface area contributed by atoms with Crippen LogP contribution in [0.5, 0.6) is 0 Å². The maximum Gasteiger partial charge on any atom is 0.257 e. The van der Waals surface area contributed by atoms with Gasteiger partial charge in [-0.1, -0.05) is 42.5 Å². The van der Waals surface area contributed by atoms with Gasteiger partial charge in [0.2, 0.25) is 11.2 Å². The Labute approximate surface area is 141 Å². The lowest BCUT2D eigenvalue weighted by molar-refractivity contribution is -0.489. The molecule has 0 heterocycles. The summed E-state index contributed by atoms with van der Waals surface area (Å²) in [5.74, 6) is -3.80. The monoisotopic (exact) mass is 328 g/mol. The van der Waals surface area contributed by atoms with Crippen molar-refractivity contribution in [3.05, 3.63) is 42.0 Å². The smallest absolute Gasteiger partial charge is 0.257 e. The molecule has 0 saturated heterocycles. The lowest BCUT2D eigenvalue weighted by atomic mass is 9.51. The summed E-state index contributed by atoms with van der Waals surface area (Å²) in [7, 11) is 5.57. The second-order valence-corrected chi connectivity index (χ2v) is 5.38. The zero-order valence-corrected chi connectivity index (χ0v) is 14.1. The predicted molar refractivity (Wildman–Crippen MR) is 86.1 cm³/mol. The molecule has 0 spiro atoms. The first kappa shape index (κ1) is 18.1. The van der Waals surface area contributed by atoms with E-state index in [0.717, 1.165) is 5.56 Å². The van der Waals surface area contributed by atoms with Crippen LogP contribution < -0.4 is 0 Å². The Balaban J connectivity index is 2.57. The van der Waals surface area contributed by atoms with Crippen molar-refractivity contribution in [3.8, 4) is 12.1 Å². The summed E-state index contributed by atoms with van der Waals surface area (Å²) in [5, 5.41) is 19.5. The van der Waals surface area contributed by atoms with Crippen LogP contribution in [0.4, 0.5) is 0 Å². The average molecular weight is 328 g/mol. The van der Waals surface area contributed by atoms with E-state index in [1.165, 1.54) is 28.4 Å². The van der Waals surface area contributed by atoms with Crippen LogP contribution in [0.15, 0.2) is 36.4 Å². The highest BCUT2D eigenvalue weighted by Gasteiger charge is 2.85. The minimum Gasteiger partial charge on any atom is -0.348 e. The summed E-state index contributed by atoms with van der Waals surface area (Å²) in [5.41, 5.74) is -0.691. The number of hydrogen-bond acceptors (Lipinski definition) is 6. The molecule has 6 heteroatoms. The van der Waals surface area contributed by atoms with Crippen molar-refractivity contribution in [1.82, 2.24) is 0 Å². The molecule has 0 amide bonds. The van der Waals surface area contributed by atoms with Crippen LogP contribution in [0.3, 0.4) is 0 Å². The number of nitrogens with zero attached hydrogens (tertiary/aromatic N) is 2. The number of methoxy groups -OCH3 is 4. The molecular formula is C18H20N2O4. The number of nitriles is 2. The Hall–Kier alpha value is -2.22. The van der Waals surface area contributed by atoms with E-state index in [0.29, 0.717) is 0 Å². The lowest BCUT2D eigenvalue weighted by Gasteiger charge is -2.64. The van der Waals surface area contributed by atoms with Crippen molar-refractivity contribution >= 4 is 6.08 Å². The van der Waals surface area contributed by atoms with Crippen LogP contribution in [-0.4, -0.2) is 40.0 Å². The standard InChI is InChI=1S/C18H20N2O4/c1-21-17(22-2)15(11-10-14-8-6-5-7-9-14)16(12-19,13-20)18(17,23-3)24-4/h5-11,15H,1-4H3/b11-10-/t15-/m1/s1. The van der Waals surface area contributed by atoms with Crippen LogP contribution in [-0.2, 0) is 18.9 Å². The molecule has 0 aromatic heterocycles. The zero-order chi connectivity index (χ0) is 17.8. The molecule has 0 bridgehead atoms. The molecule has 1 atom stereocenters. The molecule has 0 aliphatic heterocycles. The second kappa shape index (κ2) is 6.72. The van der Waals surface area contributed by atoms with Gasteiger partial charge in [-0.2, -0.15) is 10.5 Å². The van der Waals surface area contributed by atoms with Gasteiger partial charge in [0.05, 0.1) is 18.1 Å². The summed E-state index contributed by atoms with van der Waals surface area (Å²) in [6.07, 6.45) is 3.54. The first-order chi connectivity index (χ1) is 11.6. The first-order valence-corrected chi connectivity index (χ1v) is 7.34. The third-order valence-electron chi connectivity index (χ3n) is 4.67. The molecule has 1 fully saturated rings. The van der Waals surface area contributed by atoms with Gasteiger partial charge in [-0.25, -0.2) is 0 Å². The fraction of sp³-hybridized carbons (Fsp3) is 0.444. The molecule has 1 aromatic rings. The molecule has 1 saturated carbocycles. The van der Waals surface area contributed by atoms with Crippen molar-refractivity contribution in [2.75, 3.05) is 28.4 Å².